The first-order valence-electron chi connectivity index (χ1n) is 17.8. The lowest BCUT2D eigenvalue weighted by Gasteiger charge is -2.27. The van der Waals surface area contributed by atoms with Crippen molar-refractivity contribution in [1.82, 2.24) is 9.80 Å². The normalized spacial score (nSPS) is 19.5. The summed E-state index contributed by atoms with van der Waals surface area (Å²) in [7, 11) is 1.54. The summed E-state index contributed by atoms with van der Waals surface area (Å²) in [6, 6.07) is 14.8. The first kappa shape index (κ1) is 41.0. The van der Waals surface area contributed by atoms with Gasteiger partial charge in [0.05, 0.1) is 52.1 Å². The number of ketones is 4. The van der Waals surface area contributed by atoms with Crippen molar-refractivity contribution in [2.75, 3.05) is 6.61 Å². The maximum atomic E-state index is 12.6. The molecule has 55 heavy (non-hydrogen) atoms. The molecule has 0 saturated heterocycles. The van der Waals surface area contributed by atoms with Gasteiger partial charge in [-0.25, -0.2) is 8.42 Å². The van der Waals surface area contributed by atoms with E-state index < -0.39 is 44.8 Å². The van der Waals surface area contributed by atoms with Crippen molar-refractivity contribution in [1.29, 1.82) is 0 Å². The van der Waals surface area contributed by atoms with Crippen LogP contribution in [-0.4, -0.2) is 88.8 Å². The Kier molecular flexibility index (Phi) is 12.7. The molecule has 2 heterocycles. The van der Waals surface area contributed by atoms with Crippen LogP contribution >= 0.6 is 10.7 Å². The number of benzene rings is 3. The van der Waals surface area contributed by atoms with E-state index in [2.05, 4.69) is 0 Å². The molecule has 4 aliphatic rings. The third-order valence-electron chi connectivity index (χ3n) is 9.71. The maximum Gasteiger partial charge on any atom is 0.262 e. The SMILES string of the molecule is CCCc1ccc2c(c1)C(=O)N(C1CCC(=O)CC1=O)C2=O.Cc1ccc(S(=O)(=O)Cl)cc1.O=C1CCC(N2C(=O)c3ccc(CCO)cc3C2=O)C(=O)C1. The number of fused-ring (bicyclic) bond motifs is 2. The summed E-state index contributed by atoms with van der Waals surface area (Å²) in [5.74, 6) is -2.79. The van der Waals surface area contributed by atoms with Gasteiger partial charge < -0.3 is 5.11 Å². The van der Waals surface area contributed by atoms with E-state index in [4.69, 9.17) is 15.8 Å². The Labute approximate surface area is 322 Å². The van der Waals surface area contributed by atoms with Crippen molar-refractivity contribution in [3.8, 4) is 0 Å². The number of halogens is 1. The van der Waals surface area contributed by atoms with Gasteiger partial charge in [0.1, 0.15) is 11.6 Å². The zero-order chi connectivity index (χ0) is 40.2. The second-order valence-corrected chi connectivity index (χ2v) is 16.2. The van der Waals surface area contributed by atoms with Crippen LogP contribution in [-0.2, 0) is 41.1 Å². The minimum Gasteiger partial charge on any atom is -0.396 e. The third-order valence-corrected chi connectivity index (χ3v) is 11.1. The number of hydrogen-bond donors (Lipinski definition) is 1. The van der Waals surface area contributed by atoms with Crippen molar-refractivity contribution >= 4 is 66.5 Å². The molecule has 2 aliphatic carbocycles. The fourth-order valence-electron chi connectivity index (χ4n) is 6.87. The summed E-state index contributed by atoms with van der Waals surface area (Å²) in [5, 5.41) is 8.96. The summed E-state index contributed by atoms with van der Waals surface area (Å²) in [5.41, 5.74) is 4.05. The molecule has 4 amide bonds. The van der Waals surface area contributed by atoms with Gasteiger partial charge >= 0.3 is 0 Å². The van der Waals surface area contributed by atoms with Crippen LogP contribution in [0.2, 0.25) is 0 Å². The predicted molar refractivity (Wildman–Crippen MR) is 198 cm³/mol. The van der Waals surface area contributed by atoms with E-state index >= 15 is 0 Å². The van der Waals surface area contributed by atoms with Crippen LogP contribution in [0.15, 0.2) is 65.6 Å². The van der Waals surface area contributed by atoms with Gasteiger partial charge in [-0.3, -0.25) is 48.2 Å². The van der Waals surface area contributed by atoms with Gasteiger partial charge in [0, 0.05) is 30.1 Å². The molecule has 288 valence electrons. The van der Waals surface area contributed by atoms with Crippen LogP contribution < -0.4 is 0 Å². The molecule has 13 nitrogen and oxygen atoms in total. The van der Waals surface area contributed by atoms with Gasteiger partial charge in [-0.2, -0.15) is 0 Å². The number of Topliss-reactive ketones (excluding diaryl/α,β-unsaturated/α-hetero) is 4. The number of aliphatic hydroxyl groups is 1. The average molecular weight is 791 g/mol. The highest BCUT2D eigenvalue weighted by Gasteiger charge is 2.45. The summed E-state index contributed by atoms with van der Waals surface area (Å²) in [6.45, 7) is 3.88. The molecule has 0 radical (unpaired) electrons. The third kappa shape index (κ3) is 9.04. The van der Waals surface area contributed by atoms with Crippen LogP contribution in [0.1, 0.15) is 110 Å². The van der Waals surface area contributed by atoms with Gasteiger partial charge in [0.25, 0.3) is 32.7 Å². The van der Waals surface area contributed by atoms with Crippen LogP contribution in [0.3, 0.4) is 0 Å². The number of aliphatic hydroxyl groups excluding tert-OH is 1. The summed E-state index contributed by atoms with van der Waals surface area (Å²) in [6.07, 6.45) is 2.68. The monoisotopic (exact) mass is 790 g/mol. The summed E-state index contributed by atoms with van der Waals surface area (Å²) < 4.78 is 21.4. The molecular weight excluding hydrogens is 752 g/mol. The number of imide groups is 2. The number of hydrogen-bond acceptors (Lipinski definition) is 11. The number of amides is 4. The van der Waals surface area contributed by atoms with E-state index in [9.17, 15) is 46.8 Å². The number of carbonyl (C=O) groups is 8. The fraction of sp³-hybridized carbons (Fsp3) is 0.350. The maximum absolute atomic E-state index is 12.6. The highest BCUT2D eigenvalue weighted by Crippen LogP contribution is 2.31. The number of aryl methyl sites for hydroxylation is 2. The highest BCUT2D eigenvalue weighted by molar-refractivity contribution is 8.13. The first-order chi connectivity index (χ1) is 26.0. The van der Waals surface area contributed by atoms with Crippen molar-refractivity contribution in [3.05, 3.63) is 99.6 Å². The quantitative estimate of drug-likeness (QED) is 0.203. The highest BCUT2D eigenvalue weighted by atomic mass is 35.7. The Morgan fingerprint density at radius 3 is 1.44 bits per heavy atom. The van der Waals surface area contributed by atoms with Gasteiger partial charge in [-0.1, -0.05) is 43.2 Å². The molecule has 2 atom stereocenters. The van der Waals surface area contributed by atoms with Gasteiger partial charge in [-0.05, 0) is 80.1 Å². The van der Waals surface area contributed by atoms with Crippen LogP contribution in [0.4, 0.5) is 0 Å². The second-order valence-electron chi connectivity index (χ2n) is 13.7. The number of carbonyl (C=O) groups excluding carboxylic acids is 8. The summed E-state index contributed by atoms with van der Waals surface area (Å²) >= 11 is 0. The lowest BCUT2D eigenvalue weighted by molar-refractivity contribution is -0.134. The molecule has 7 rings (SSSR count). The Bertz CT molecular complexity index is 2100. The topological polar surface area (TPSA) is 197 Å². The standard InChI is InChI=1S/C17H17NO4.C16H15NO5.C7H7ClO2S/c1-2-3-10-4-6-12-13(8-10)17(22)18(16(12)21)14-7-5-11(19)9-15(14)20;18-6-5-9-1-3-11-12(7-9)16(22)17(15(11)21)13-4-2-10(19)8-14(13)20;1-6-2-4-7(5-3-6)11(8,9)10/h4,6,8,14H,2-3,5,7,9H2,1H3;1,3,7,13,18H,2,4-6,8H2;2-5H,1H3. The predicted octanol–water partition coefficient (Wildman–Crippen LogP) is 4.36. The molecule has 15 heteroatoms. The van der Waals surface area contributed by atoms with Crippen molar-refractivity contribution in [3.63, 3.8) is 0 Å². The van der Waals surface area contributed by atoms with E-state index in [1.807, 2.05) is 19.9 Å². The van der Waals surface area contributed by atoms with Gasteiger partial charge in [0.15, 0.2) is 11.6 Å². The lowest BCUT2D eigenvalue weighted by Crippen LogP contribution is -2.47. The molecule has 2 saturated carbocycles. The van der Waals surface area contributed by atoms with E-state index in [0.717, 1.165) is 39.3 Å². The van der Waals surface area contributed by atoms with E-state index in [1.165, 1.54) is 12.1 Å². The Morgan fingerprint density at radius 1 is 0.636 bits per heavy atom. The van der Waals surface area contributed by atoms with Crippen molar-refractivity contribution < 1.29 is 51.9 Å². The molecular formula is C40H39ClN2O11S. The fourth-order valence-corrected chi connectivity index (χ4v) is 7.64. The Hall–Kier alpha value is -5.18. The molecule has 2 aliphatic heterocycles. The molecule has 2 unspecified atom stereocenters. The summed E-state index contributed by atoms with van der Waals surface area (Å²) in [4.78, 5) is 98.8. The van der Waals surface area contributed by atoms with Gasteiger partial charge in [-0.15, -0.1) is 0 Å². The number of nitrogens with zero attached hydrogens (tertiary/aromatic N) is 2. The minimum atomic E-state index is -3.55. The van der Waals surface area contributed by atoms with Gasteiger partial charge in [0.2, 0.25) is 0 Å². The van der Waals surface area contributed by atoms with Crippen LogP contribution in [0.25, 0.3) is 0 Å². The largest absolute Gasteiger partial charge is 0.396 e. The molecule has 3 aromatic carbocycles. The molecule has 1 N–H and O–H groups in total. The first-order valence-corrected chi connectivity index (χ1v) is 20.1. The van der Waals surface area contributed by atoms with Crippen molar-refractivity contribution in [2.45, 2.75) is 88.6 Å². The smallest absolute Gasteiger partial charge is 0.262 e. The average Bonchev–Trinajstić information content (AvgIpc) is 3.52. The van der Waals surface area contributed by atoms with E-state index in [-0.39, 0.29) is 84.3 Å². The lowest BCUT2D eigenvalue weighted by atomic mass is 9.92. The van der Waals surface area contributed by atoms with E-state index in [0.29, 0.717) is 17.5 Å². The van der Waals surface area contributed by atoms with E-state index in [1.54, 1.807) is 42.5 Å². The van der Waals surface area contributed by atoms with Crippen LogP contribution in [0, 0.1) is 6.92 Å². The number of rotatable bonds is 7. The zero-order valence-corrected chi connectivity index (χ0v) is 31.8. The zero-order valence-electron chi connectivity index (χ0n) is 30.2. The van der Waals surface area contributed by atoms with Crippen molar-refractivity contribution in [2.24, 2.45) is 0 Å². The minimum absolute atomic E-state index is 0.0478. The Balaban J connectivity index is 0.000000168. The second kappa shape index (κ2) is 17.1. The molecule has 0 spiro atoms. The molecule has 2 fully saturated rings. The Morgan fingerprint density at radius 2 is 1.05 bits per heavy atom. The molecule has 0 aromatic heterocycles. The molecule has 0 bridgehead atoms. The van der Waals surface area contributed by atoms with Crippen LogP contribution in [0.5, 0.6) is 0 Å². The molecule has 3 aromatic rings.